The monoisotopic (exact) mass is 272 g/mol. The third-order valence-electron chi connectivity index (χ3n) is 4.01. The highest BCUT2D eigenvalue weighted by Gasteiger charge is 2.16. The van der Waals surface area contributed by atoms with Gasteiger partial charge < -0.3 is 9.80 Å². The largest absolute Gasteiger partial charge is 0.372 e. The highest BCUT2D eigenvalue weighted by Crippen LogP contribution is 2.21. The van der Waals surface area contributed by atoms with Gasteiger partial charge in [-0.3, -0.25) is 4.90 Å². The molecule has 0 aromatic heterocycles. The van der Waals surface area contributed by atoms with Crippen molar-refractivity contribution in [3.05, 3.63) is 24.3 Å². The molecule has 0 radical (unpaired) electrons. The second-order valence-electron chi connectivity index (χ2n) is 5.11. The van der Waals surface area contributed by atoms with Crippen LogP contribution < -0.4 is 9.80 Å². The predicted octanol–water partition coefficient (Wildman–Crippen LogP) is 2.18. The Morgan fingerprint density at radius 2 is 1.65 bits per heavy atom. The van der Waals surface area contributed by atoms with Gasteiger partial charge in [-0.2, -0.15) is 5.26 Å². The fourth-order valence-electron chi connectivity index (χ4n) is 2.73. The van der Waals surface area contributed by atoms with E-state index in [2.05, 4.69) is 58.9 Å². The molecule has 0 amide bonds. The van der Waals surface area contributed by atoms with Gasteiger partial charge in [0.25, 0.3) is 0 Å². The number of piperazine rings is 1. The van der Waals surface area contributed by atoms with Gasteiger partial charge in [0.1, 0.15) is 0 Å². The van der Waals surface area contributed by atoms with Crippen molar-refractivity contribution in [3.8, 4) is 6.07 Å². The quantitative estimate of drug-likeness (QED) is 0.769. The summed E-state index contributed by atoms with van der Waals surface area (Å²) in [6.07, 6.45) is 0. The molecule has 1 aliphatic rings. The maximum absolute atomic E-state index is 8.72. The van der Waals surface area contributed by atoms with Crippen molar-refractivity contribution >= 4 is 11.4 Å². The van der Waals surface area contributed by atoms with E-state index in [-0.39, 0.29) is 0 Å². The molecule has 0 spiro atoms. The summed E-state index contributed by atoms with van der Waals surface area (Å²) in [5.74, 6) is 0. The topological polar surface area (TPSA) is 33.5 Å². The summed E-state index contributed by atoms with van der Waals surface area (Å²) in [5.41, 5.74) is 2.58. The maximum Gasteiger partial charge on any atom is 0.0867 e. The molecule has 1 heterocycles. The number of benzene rings is 1. The zero-order valence-electron chi connectivity index (χ0n) is 12.5. The molecule has 1 fully saturated rings. The molecule has 0 bridgehead atoms. The van der Waals surface area contributed by atoms with Gasteiger partial charge in [0.15, 0.2) is 0 Å². The third-order valence-corrected chi connectivity index (χ3v) is 4.01. The van der Waals surface area contributed by atoms with Crippen molar-refractivity contribution in [2.24, 2.45) is 0 Å². The maximum atomic E-state index is 8.72. The van der Waals surface area contributed by atoms with Crippen molar-refractivity contribution in [1.82, 2.24) is 4.90 Å². The standard InChI is InChI=1S/C16H24N4/c1-3-19(4-2)15-5-7-16(8-6-15)20-13-11-18(10-9-17)12-14-20/h5-8H,3-4,10-14H2,1-2H3. The first kappa shape index (κ1) is 14.7. The van der Waals surface area contributed by atoms with E-state index in [0.29, 0.717) is 6.54 Å². The SMILES string of the molecule is CCN(CC)c1ccc(N2CCN(CC#N)CC2)cc1. The van der Waals surface area contributed by atoms with Crippen molar-refractivity contribution in [2.45, 2.75) is 13.8 Å². The van der Waals surface area contributed by atoms with Crippen molar-refractivity contribution in [1.29, 1.82) is 5.26 Å². The van der Waals surface area contributed by atoms with Gasteiger partial charge in [-0.05, 0) is 38.1 Å². The Kier molecular flexibility index (Phi) is 5.25. The molecule has 0 N–H and O–H groups in total. The van der Waals surface area contributed by atoms with Crippen molar-refractivity contribution in [2.75, 3.05) is 55.6 Å². The average Bonchev–Trinajstić information content (AvgIpc) is 2.50. The summed E-state index contributed by atoms with van der Waals surface area (Å²) in [6.45, 7) is 11.0. The van der Waals surface area contributed by atoms with Crippen LogP contribution in [-0.4, -0.2) is 50.7 Å². The lowest BCUT2D eigenvalue weighted by atomic mass is 10.2. The summed E-state index contributed by atoms with van der Waals surface area (Å²) in [6, 6.07) is 11.1. The van der Waals surface area contributed by atoms with E-state index < -0.39 is 0 Å². The molecule has 1 saturated heterocycles. The molecule has 2 rings (SSSR count). The second kappa shape index (κ2) is 7.16. The molecule has 0 aliphatic carbocycles. The van der Waals surface area contributed by atoms with E-state index in [1.54, 1.807) is 0 Å². The Hall–Kier alpha value is -1.73. The van der Waals surface area contributed by atoms with Crippen LogP contribution in [0.1, 0.15) is 13.8 Å². The van der Waals surface area contributed by atoms with Crippen LogP contribution in [-0.2, 0) is 0 Å². The van der Waals surface area contributed by atoms with Gasteiger partial charge in [0, 0.05) is 50.6 Å². The van der Waals surface area contributed by atoms with E-state index in [4.69, 9.17) is 5.26 Å². The summed E-state index contributed by atoms with van der Waals surface area (Å²) in [5, 5.41) is 8.72. The Morgan fingerprint density at radius 3 is 2.15 bits per heavy atom. The number of rotatable bonds is 5. The van der Waals surface area contributed by atoms with Crippen LogP contribution in [0.2, 0.25) is 0 Å². The normalized spacial score (nSPS) is 15.9. The molecule has 4 heteroatoms. The molecule has 1 aliphatic heterocycles. The molecular weight excluding hydrogens is 248 g/mol. The van der Waals surface area contributed by atoms with E-state index in [1.165, 1.54) is 11.4 Å². The van der Waals surface area contributed by atoms with Crippen LogP contribution >= 0.6 is 0 Å². The van der Waals surface area contributed by atoms with E-state index in [9.17, 15) is 0 Å². The first-order valence-electron chi connectivity index (χ1n) is 7.47. The number of nitrogens with zero attached hydrogens (tertiary/aromatic N) is 4. The molecule has 0 unspecified atom stereocenters. The lowest BCUT2D eigenvalue weighted by Crippen LogP contribution is -2.46. The molecule has 0 saturated carbocycles. The van der Waals surface area contributed by atoms with Gasteiger partial charge in [-0.25, -0.2) is 0 Å². The fourth-order valence-corrected chi connectivity index (χ4v) is 2.73. The minimum atomic E-state index is 0.550. The molecule has 20 heavy (non-hydrogen) atoms. The number of hydrogen-bond donors (Lipinski definition) is 0. The van der Waals surface area contributed by atoms with Gasteiger partial charge in [0.05, 0.1) is 12.6 Å². The lowest BCUT2D eigenvalue weighted by molar-refractivity contribution is 0.287. The lowest BCUT2D eigenvalue weighted by Gasteiger charge is -2.35. The second-order valence-corrected chi connectivity index (χ2v) is 5.11. The molecule has 0 atom stereocenters. The minimum absolute atomic E-state index is 0.550. The average molecular weight is 272 g/mol. The van der Waals surface area contributed by atoms with Gasteiger partial charge in [0.2, 0.25) is 0 Å². The van der Waals surface area contributed by atoms with Crippen LogP contribution in [0.5, 0.6) is 0 Å². The van der Waals surface area contributed by atoms with Gasteiger partial charge >= 0.3 is 0 Å². The van der Waals surface area contributed by atoms with Crippen molar-refractivity contribution in [3.63, 3.8) is 0 Å². The van der Waals surface area contributed by atoms with E-state index >= 15 is 0 Å². The zero-order chi connectivity index (χ0) is 14.4. The fraction of sp³-hybridized carbons (Fsp3) is 0.562. The summed E-state index contributed by atoms with van der Waals surface area (Å²) in [7, 11) is 0. The van der Waals surface area contributed by atoms with Crippen LogP contribution in [0.3, 0.4) is 0 Å². The Bertz CT molecular complexity index is 437. The Morgan fingerprint density at radius 1 is 1.05 bits per heavy atom. The van der Waals surface area contributed by atoms with Crippen LogP contribution in [0, 0.1) is 11.3 Å². The molecule has 108 valence electrons. The summed E-state index contributed by atoms with van der Waals surface area (Å²) >= 11 is 0. The first-order chi connectivity index (χ1) is 9.78. The Labute approximate surface area is 122 Å². The molecule has 4 nitrogen and oxygen atoms in total. The summed E-state index contributed by atoms with van der Waals surface area (Å²) < 4.78 is 0. The van der Waals surface area contributed by atoms with E-state index in [0.717, 1.165) is 39.3 Å². The summed E-state index contributed by atoms with van der Waals surface area (Å²) in [4.78, 5) is 6.97. The van der Waals surface area contributed by atoms with Crippen LogP contribution in [0.25, 0.3) is 0 Å². The minimum Gasteiger partial charge on any atom is -0.372 e. The van der Waals surface area contributed by atoms with Crippen LogP contribution in [0.15, 0.2) is 24.3 Å². The highest BCUT2D eigenvalue weighted by atomic mass is 15.3. The number of nitriles is 1. The van der Waals surface area contributed by atoms with Gasteiger partial charge in [-0.1, -0.05) is 0 Å². The number of hydrogen-bond acceptors (Lipinski definition) is 4. The number of anilines is 2. The Balaban J connectivity index is 1.96. The molecule has 1 aromatic carbocycles. The van der Waals surface area contributed by atoms with Crippen molar-refractivity contribution < 1.29 is 0 Å². The predicted molar refractivity (Wildman–Crippen MR) is 84.3 cm³/mol. The third kappa shape index (κ3) is 3.43. The molecule has 1 aromatic rings. The van der Waals surface area contributed by atoms with E-state index in [1.807, 2.05) is 0 Å². The molecular formula is C16H24N4. The highest BCUT2D eigenvalue weighted by molar-refractivity contribution is 5.56. The smallest absolute Gasteiger partial charge is 0.0867 e. The van der Waals surface area contributed by atoms with Crippen LogP contribution in [0.4, 0.5) is 11.4 Å². The first-order valence-corrected chi connectivity index (χ1v) is 7.47. The zero-order valence-corrected chi connectivity index (χ0v) is 12.5. The van der Waals surface area contributed by atoms with Gasteiger partial charge in [-0.15, -0.1) is 0 Å².